The number of rotatable bonds is 4. The molecule has 0 bridgehead atoms. The zero-order chi connectivity index (χ0) is 21.8. The molecule has 3 aromatic rings. The van der Waals surface area contributed by atoms with Crippen molar-refractivity contribution >= 4 is 5.91 Å². The predicted molar refractivity (Wildman–Crippen MR) is 111 cm³/mol. The average Bonchev–Trinajstić information content (AvgIpc) is 2.79. The van der Waals surface area contributed by atoms with Gasteiger partial charge in [-0.05, 0) is 49.1 Å². The number of amides is 1. The number of nitrogens with zero attached hydrogens (tertiary/aromatic N) is 4. The number of nitriles is 1. The minimum atomic E-state index is -0.761. The summed E-state index contributed by atoms with van der Waals surface area (Å²) in [4.78, 5) is 23.1. The highest BCUT2D eigenvalue weighted by atomic mass is 19.1. The SMILES string of the molecule is N#CC1(Cc2cc(F)cc(F)c2)CCN(C(=O)c2ccccc2-c2ccncn2)CC1. The van der Waals surface area contributed by atoms with Crippen molar-refractivity contribution in [3.05, 3.63) is 83.8 Å². The molecule has 2 aromatic carbocycles. The number of piperidine rings is 1. The molecule has 5 nitrogen and oxygen atoms in total. The summed E-state index contributed by atoms with van der Waals surface area (Å²) in [6, 6.07) is 14.7. The van der Waals surface area contributed by atoms with E-state index in [1.54, 1.807) is 29.3 Å². The highest BCUT2D eigenvalue weighted by Crippen LogP contribution is 2.36. The standard InChI is InChI=1S/C24H20F2N4O/c25-18-11-17(12-19(26)13-18)14-24(15-27)6-9-30(10-7-24)23(31)21-4-2-1-3-20(21)22-5-8-28-16-29-22/h1-5,8,11-13,16H,6-7,9-10,14H2. The van der Waals surface area contributed by atoms with E-state index < -0.39 is 17.0 Å². The van der Waals surface area contributed by atoms with Crippen LogP contribution in [0.15, 0.2) is 61.1 Å². The van der Waals surface area contributed by atoms with Gasteiger partial charge in [0.15, 0.2) is 0 Å². The van der Waals surface area contributed by atoms with Crippen LogP contribution in [0.4, 0.5) is 8.78 Å². The molecule has 0 N–H and O–H groups in total. The fourth-order valence-electron chi connectivity index (χ4n) is 4.08. The zero-order valence-electron chi connectivity index (χ0n) is 16.8. The van der Waals surface area contributed by atoms with E-state index in [9.17, 15) is 18.8 Å². The van der Waals surface area contributed by atoms with Gasteiger partial charge in [-0.25, -0.2) is 18.7 Å². The van der Waals surface area contributed by atoms with Crippen molar-refractivity contribution in [3.8, 4) is 17.3 Å². The number of carbonyl (C=O) groups excluding carboxylic acids is 1. The summed E-state index contributed by atoms with van der Waals surface area (Å²) < 4.78 is 27.1. The Morgan fingerprint density at radius 3 is 2.45 bits per heavy atom. The van der Waals surface area contributed by atoms with E-state index in [0.717, 1.165) is 11.6 Å². The van der Waals surface area contributed by atoms with Crippen molar-refractivity contribution in [2.24, 2.45) is 5.41 Å². The Balaban J connectivity index is 1.51. The van der Waals surface area contributed by atoms with Crippen LogP contribution in [-0.4, -0.2) is 33.9 Å². The van der Waals surface area contributed by atoms with E-state index in [-0.39, 0.29) is 12.3 Å². The molecule has 2 heterocycles. The van der Waals surface area contributed by atoms with E-state index in [1.807, 2.05) is 12.1 Å². The van der Waals surface area contributed by atoms with Crippen molar-refractivity contribution in [2.45, 2.75) is 19.3 Å². The Kier molecular flexibility index (Phi) is 5.72. The van der Waals surface area contributed by atoms with Crippen LogP contribution in [0.3, 0.4) is 0 Å². The molecule has 1 aromatic heterocycles. The maximum absolute atomic E-state index is 13.6. The van der Waals surface area contributed by atoms with Crippen LogP contribution in [0.25, 0.3) is 11.3 Å². The smallest absolute Gasteiger partial charge is 0.254 e. The second-order valence-corrected chi connectivity index (χ2v) is 7.78. The van der Waals surface area contributed by atoms with Gasteiger partial charge in [0.1, 0.15) is 18.0 Å². The topological polar surface area (TPSA) is 69.9 Å². The lowest BCUT2D eigenvalue weighted by Crippen LogP contribution is -2.43. The molecular formula is C24H20F2N4O. The van der Waals surface area contributed by atoms with Gasteiger partial charge in [-0.2, -0.15) is 5.26 Å². The molecule has 156 valence electrons. The minimum absolute atomic E-state index is 0.127. The van der Waals surface area contributed by atoms with Gasteiger partial charge in [-0.3, -0.25) is 4.79 Å². The second kappa shape index (κ2) is 8.60. The number of halogens is 2. The fraction of sp³-hybridized carbons (Fsp3) is 0.250. The monoisotopic (exact) mass is 418 g/mol. The molecule has 0 radical (unpaired) electrons. The van der Waals surface area contributed by atoms with Gasteiger partial charge in [-0.15, -0.1) is 0 Å². The third-order valence-electron chi connectivity index (χ3n) is 5.73. The molecule has 0 aliphatic carbocycles. The largest absolute Gasteiger partial charge is 0.339 e. The third-order valence-corrected chi connectivity index (χ3v) is 5.73. The molecule has 1 fully saturated rings. The van der Waals surface area contributed by atoms with E-state index in [0.29, 0.717) is 42.8 Å². The molecule has 1 aliphatic heterocycles. The average molecular weight is 418 g/mol. The first-order valence-electron chi connectivity index (χ1n) is 10.0. The lowest BCUT2D eigenvalue weighted by Gasteiger charge is -2.37. The van der Waals surface area contributed by atoms with Crippen molar-refractivity contribution in [2.75, 3.05) is 13.1 Å². The molecule has 0 unspecified atom stereocenters. The second-order valence-electron chi connectivity index (χ2n) is 7.78. The molecule has 1 saturated heterocycles. The lowest BCUT2D eigenvalue weighted by molar-refractivity contribution is 0.0648. The summed E-state index contributed by atoms with van der Waals surface area (Å²) in [7, 11) is 0. The van der Waals surface area contributed by atoms with Crippen LogP contribution >= 0.6 is 0 Å². The zero-order valence-corrected chi connectivity index (χ0v) is 16.8. The summed E-state index contributed by atoms with van der Waals surface area (Å²) in [5.41, 5.74) is 1.62. The van der Waals surface area contributed by atoms with Crippen LogP contribution in [0.1, 0.15) is 28.8 Å². The number of benzene rings is 2. The lowest BCUT2D eigenvalue weighted by atomic mass is 9.75. The van der Waals surface area contributed by atoms with E-state index in [1.165, 1.54) is 18.5 Å². The summed E-state index contributed by atoms with van der Waals surface area (Å²) in [5, 5.41) is 9.82. The molecule has 1 aliphatic rings. The Morgan fingerprint density at radius 2 is 1.81 bits per heavy atom. The van der Waals surface area contributed by atoms with Crippen LogP contribution < -0.4 is 0 Å². The van der Waals surface area contributed by atoms with Gasteiger partial charge in [0.2, 0.25) is 0 Å². The van der Waals surface area contributed by atoms with Gasteiger partial charge in [0.05, 0.1) is 17.2 Å². The summed E-state index contributed by atoms with van der Waals surface area (Å²) >= 11 is 0. The molecule has 31 heavy (non-hydrogen) atoms. The summed E-state index contributed by atoms with van der Waals surface area (Å²) in [6.07, 6.45) is 4.18. The number of hydrogen-bond donors (Lipinski definition) is 0. The molecular weight excluding hydrogens is 398 g/mol. The number of carbonyl (C=O) groups is 1. The molecule has 0 spiro atoms. The highest BCUT2D eigenvalue weighted by Gasteiger charge is 2.37. The van der Waals surface area contributed by atoms with E-state index in [2.05, 4.69) is 16.0 Å². The molecule has 7 heteroatoms. The molecule has 1 amide bonds. The first kappa shape index (κ1) is 20.6. The van der Waals surface area contributed by atoms with Gasteiger partial charge in [0.25, 0.3) is 5.91 Å². The maximum Gasteiger partial charge on any atom is 0.254 e. The fourth-order valence-corrected chi connectivity index (χ4v) is 4.08. The summed E-state index contributed by atoms with van der Waals surface area (Å²) in [5.74, 6) is -1.44. The van der Waals surface area contributed by atoms with Crippen LogP contribution in [0.5, 0.6) is 0 Å². The minimum Gasteiger partial charge on any atom is -0.339 e. The van der Waals surface area contributed by atoms with Crippen molar-refractivity contribution < 1.29 is 13.6 Å². The van der Waals surface area contributed by atoms with Gasteiger partial charge in [-0.1, -0.05) is 18.2 Å². The Morgan fingerprint density at radius 1 is 1.10 bits per heavy atom. The maximum atomic E-state index is 13.6. The predicted octanol–water partition coefficient (Wildman–Crippen LogP) is 4.41. The summed E-state index contributed by atoms with van der Waals surface area (Å²) in [6.45, 7) is 0.782. The number of likely N-dealkylation sites (tertiary alicyclic amines) is 1. The molecule has 0 atom stereocenters. The van der Waals surface area contributed by atoms with Crippen molar-refractivity contribution in [1.29, 1.82) is 5.26 Å². The Labute approximate surface area is 179 Å². The van der Waals surface area contributed by atoms with Gasteiger partial charge >= 0.3 is 0 Å². The van der Waals surface area contributed by atoms with Gasteiger partial charge in [0, 0.05) is 36.5 Å². The van der Waals surface area contributed by atoms with Gasteiger partial charge < -0.3 is 4.90 Å². The number of hydrogen-bond acceptors (Lipinski definition) is 4. The van der Waals surface area contributed by atoms with E-state index >= 15 is 0 Å². The van der Waals surface area contributed by atoms with Crippen LogP contribution in [-0.2, 0) is 6.42 Å². The van der Waals surface area contributed by atoms with E-state index in [4.69, 9.17) is 0 Å². The Hall–Kier alpha value is -3.66. The first-order chi connectivity index (χ1) is 15.0. The van der Waals surface area contributed by atoms with Crippen LogP contribution in [0, 0.1) is 28.4 Å². The highest BCUT2D eigenvalue weighted by molar-refractivity contribution is 6.00. The van der Waals surface area contributed by atoms with Crippen molar-refractivity contribution in [3.63, 3.8) is 0 Å². The van der Waals surface area contributed by atoms with Crippen molar-refractivity contribution in [1.82, 2.24) is 14.9 Å². The van der Waals surface area contributed by atoms with Crippen LogP contribution in [0.2, 0.25) is 0 Å². The molecule has 4 rings (SSSR count). The normalized spacial score (nSPS) is 15.3. The number of aromatic nitrogens is 2. The third kappa shape index (κ3) is 4.43. The molecule has 0 saturated carbocycles. The quantitative estimate of drug-likeness (QED) is 0.629. The Bertz CT molecular complexity index is 1120. The first-order valence-corrected chi connectivity index (χ1v) is 10.0.